The average molecular weight is 293 g/mol. The molecule has 5 heteroatoms. The summed E-state index contributed by atoms with van der Waals surface area (Å²) in [5.74, 6) is -0.296. The van der Waals surface area contributed by atoms with E-state index in [1.807, 2.05) is 30.3 Å². The van der Waals surface area contributed by atoms with Crippen molar-refractivity contribution in [1.82, 2.24) is 15.1 Å². The monoisotopic (exact) mass is 293 g/mol. The largest absolute Gasteiger partial charge is 0.347 e. The standard InChI is InChI=1S/C17H15N3O2/c1-20-17(22)14-10-6-5-9-13(14)15(19-20)16(21)18-11-12-7-3-2-4-8-12/h2-10H,11H2,1H3,(H,18,21). The molecule has 0 fully saturated rings. The minimum atomic E-state index is -0.296. The van der Waals surface area contributed by atoms with Crippen LogP contribution < -0.4 is 10.9 Å². The van der Waals surface area contributed by atoms with Crippen molar-refractivity contribution in [3.63, 3.8) is 0 Å². The third kappa shape index (κ3) is 2.61. The first kappa shape index (κ1) is 14.0. The van der Waals surface area contributed by atoms with Crippen LogP contribution in [0.15, 0.2) is 59.4 Å². The summed E-state index contributed by atoms with van der Waals surface area (Å²) in [6.07, 6.45) is 0. The predicted molar refractivity (Wildman–Crippen MR) is 84.6 cm³/mol. The quantitative estimate of drug-likeness (QED) is 0.801. The van der Waals surface area contributed by atoms with E-state index in [4.69, 9.17) is 0 Å². The molecule has 0 aliphatic carbocycles. The number of nitrogens with one attached hydrogen (secondary N) is 1. The molecular formula is C17H15N3O2. The maximum absolute atomic E-state index is 12.4. The third-order valence-electron chi connectivity index (χ3n) is 3.47. The van der Waals surface area contributed by atoms with Crippen LogP contribution in [0, 0.1) is 0 Å². The van der Waals surface area contributed by atoms with Crippen LogP contribution in [0.1, 0.15) is 16.1 Å². The van der Waals surface area contributed by atoms with Crippen LogP contribution in [0.3, 0.4) is 0 Å². The van der Waals surface area contributed by atoms with E-state index in [1.165, 1.54) is 4.68 Å². The van der Waals surface area contributed by atoms with Gasteiger partial charge >= 0.3 is 0 Å². The Morgan fingerprint density at radius 2 is 1.68 bits per heavy atom. The van der Waals surface area contributed by atoms with Crippen LogP contribution in [0.2, 0.25) is 0 Å². The second-order valence-electron chi connectivity index (χ2n) is 4.99. The number of aromatic nitrogens is 2. The zero-order valence-corrected chi connectivity index (χ0v) is 12.1. The summed E-state index contributed by atoms with van der Waals surface area (Å²) in [7, 11) is 1.54. The summed E-state index contributed by atoms with van der Waals surface area (Å²) in [5.41, 5.74) is 1.05. The molecule has 1 aromatic heterocycles. The van der Waals surface area contributed by atoms with Crippen molar-refractivity contribution in [3.05, 3.63) is 76.2 Å². The molecule has 0 radical (unpaired) electrons. The Kier molecular flexibility index (Phi) is 3.70. The van der Waals surface area contributed by atoms with Crippen LogP contribution in [-0.4, -0.2) is 15.7 Å². The average Bonchev–Trinajstić information content (AvgIpc) is 2.57. The number of rotatable bonds is 3. The molecule has 0 saturated carbocycles. The molecule has 0 unspecified atom stereocenters. The second kappa shape index (κ2) is 5.81. The fourth-order valence-corrected chi connectivity index (χ4v) is 2.33. The summed E-state index contributed by atoms with van der Waals surface area (Å²) in [6, 6.07) is 16.6. The zero-order valence-electron chi connectivity index (χ0n) is 12.1. The normalized spacial score (nSPS) is 10.6. The molecule has 3 aromatic rings. The topological polar surface area (TPSA) is 64.0 Å². The number of nitrogens with zero attached hydrogens (tertiary/aromatic N) is 2. The highest BCUT2D eigenvalue weighted by atomic mass is 16.2. The molecule has 5 nitrogen and oxygen atoms in total. The molecule has 22 heavy (non-hydrogen) atoms. The van der Waals surface area contributed by atoms with Gasteiger partial charge in [0.05, 0.1) is 5.39 Å². The van der Waals surface area contributed by atoms with Gasteiger partial charge in [0.1, 0.15) is 0 Å². The molecule has 0 atom stereocenters. The molecule has 0 spiro atoms. The van der Waals surface area contributed by atoms with Crippen molar-refractivity contribution >= 4 is 16.7 Å². The Hall–Kier alpha value is -2.95. The highest BCUT2D eigenvalue weighted by Gasteiger charge is 2.15. The van der Waals surface area contributed by atoms with Gasteiger partial charge in [-0.05, 0) is 11.6 Å². The highest BCUT2D eigenvalue weighted by molar-refractivity contribution is 6.04. The molecule has 1 heterocycles. The van der Waals surface area contributed by atoms with Gasteiger partial charge < -0.3 is 5.32 Å². The first-order valence-corrected chi connectivity index (χ1v) is 6.95. The summed E-state index contributed by atoms with van der Waals surface area (Å²) in [6.45, 7) is 0.415. The molecule has 0 aliphatic rings. The van der Waals surface area contributed by atoms with Crippen molar-refractivity contribution in [3.8, 4) is 0 Å². The second-order valence-corrected chi connectivity index (χ2v) is 4.99. The smallest absolute Gasteiger partial charge is 0.274 e. The van der Waals surface area contributed by atoms with Crippen LogP contribution in [0.4, 0.5) is 0 Å². The van der Waals surface area contributed by atoms with Crippen molar-refractivity contribution in [2.75, 3.05) is 0 Å². The summed E-state index contributed by atoms with van der Waals surface area (Å²) in [4.78, 5) is 24.5. The number of aryl methyl sites for hydroxylation is 1. The molecule has 0 aliphatic heterocycles. The van der Waals surface area contributed by atoms with Gasteiger partial charge in [0.25, 0.3) is 11.5 Å². The summed E-state index contributed by atoms with van der Waals surface area (Å²) < 4.78 is 1.19. The molecule has 0 saturated heterocycles. The van der Waals surface area contributed by atoms with Gasteiger partial charge in [-0.15, -0.1) is 0 Å². The van der Waals surface area contributed by atoms with Crippen molar-refractivity contribution < 1.29 is 4.79 Å². The summed E-state index contributed by atoms with van der Waals surface area (Å²) >= 11 is 0. The first-order chi connectivity index (χ1) is 10.7. The molecule has 1 amide bonds. The fourth-order valence-electron chi connectivity index (χ4n) is 2.33. The van der Waals surface area contributed by atoms with Gasteiger partial charge in [-0.3, -0.25) is 9.59 Å². The lowest BCUT2D eigenvalue weighted by Gasteiger charge is -2.09. The van der Waals surface area contributed by atoms with Gasteiger partial charge in [0, 0.05) is 19.0 Å². The van der Waals surface area contributed by atoms with E-state index in [-0.39, 0.29) is 17.2 Å². The van der Waals surface area contributed by atoms with Gasteiger partial charge in [0.15, 0.2) is 5.69 Å². The highest BCUT2D eigenvalue weighted by Crippen LogP contribution is 2.13. The van der Waals surface area contributed by atoms with Crippen LogP contribution in [0.5, 0.6) is 0 Å². The van der Waals surface area contributed by atoms with E-state index in [9.17, 15) is 9.59 Å². The number of hydrogen-bond donors (Lipinski definition) is 1. The number of carbonyl (C=O) groups is 1. The van der Waals surface area contributed by atoms with E-state index >= 15 is 0 Å². The maximum Gasteiger partial charge on any atom is 0.274 e. The Labute approximate surface area is 127 Å². The number of fused-ring (bicyclic) bond motifs is 1. The van der Waals surface area contributed by atoms with Gasteiger partial charge in [-0.1, -0.05) is 48.5 Å². The predicted octanol–water partition coefficient (Wildman–Crippen LogP) is 1.86. The molecule has 110 valence electrons. The molecule has 1 N–H and O–H groups in total. The number of hydrogen-bond acceptors (Lipinski definition) is 3. The lowest BCUT2D eigenvalue weighted by atomic mass is 10.1. The minimum Gasteiger partial charge on any atom is -0.347 e. The SMILES string of the molecule is Cn1nc(C(=O)NCc2ccccc2)c2ccccc2c1=O. The first-order valence-electron chi connectivity index (χ1n) is 6.95. The number of amides is 1. The van der Waals surface area contributed by atoms with Crippen LogP contribution >= 0.6 is 0 Å². The summed E-state index contributed by atoms with van der Waals surface area (Å²) in [5, 5.41) is 8.00. The molecular weight excluding hydrogens is 278 g/mol. The Morgan fingerprint density at radius 3 is 2.41 bits per heavy atom. The van der Waals surface area contributed by atoms with Crippen molar-refractivity contribution in [2.24, 2.45) is 7.05 Å². The van der Waals surface area contributed by atoms with Crippen LogP contribution in [0.25, 0.3) is 10.8 Å². The van der Waals surface area contributed by atoms with Crippen molar-refractivity contribution in [1.29, 1.82) is 0 Å². The third-order valence-corrected chi connectivity index (χ3v) is 3.47. The molecule has 3 rings (SSSR count). The Morgan fingerprint density at radius 1 is 1.05 bits per heavy atom. The van der Waals surface area contributed by atoms with E-state index < -0.39 is 0 Å². The Bertz CT molecular complexity index is 885. The fraction of sp³-hybridized carbons (Fsp3) is 0.118. The van der Waals surface area contributed by atoms with Gasteiger partial charge in [-0.25, -0.2) is 4.68 Å². The molecule has 2 aromatic carbocycles. The van der Waals surface area contributed by atoms with E-state index in [2.05, 4.69) is 10.4 Å². The molecule has 0 bridgehead atoms. The number of benzene rings is 2. The van der Waals surface area contributed by atoms with Gasteiger partial charge in [0.2, 0.25) is 0 Å². The van der Waals surface area contributed by atoms with E-state index in [0.29, 0.717) is 17.3 Å². The maximum atomic E-state index is 12.4. The van der Waals surface area contributed by atoms with E-state index in [0.717, 1.165) is 5.56 Å². The lowest BCUT2D eigenvalue weighted by Crippen LogP contribution is -2.29. The lowest BCUT2D eigenvalue weighted by molar-refractivity contribution is 0.0945. The number of carbonyl (C=O) groups excluding carboxylic acids is 1. The Balaban J connectivity index is 1.94. The zero-order chi connectivity index (χ0) is 15.5. The van der Waals surface area contributed by atoms with Gasteiger partial charge in [-0.2, -0.15) is 5.10 Å². The van der Waals surface area contributed by atoms with Crippen LogP contribution in [-0.2, 0) is 13.6 Å². The van der Waals surface area contributed by atoms with E-state index in [1.54, 1.807) is 31.3 Å². The van der Waals surface area contributed by atoms with Crippen molar-refractivity contribution in [2.45, 2.75) is 6.54 Å². The minimum absolute atomic E-state index is 0.213.